The molecule has 1 atom stereocenters. The molecule has 0 saturated heterocycles. The molecular formula is C30H29ClF3N5O5. The first-order valence-electron chi connectivity index (χ1n) is 13.7. The van der Waals surface area contributed by atoms with E-state index < -0.39 is 29.8 Å². The van der Waals surface area contributed by atoms with E-state index in [1.54, 1.807) is 6.92 Å². The Kier molecular flexibility index (Phi) is 8.71. The lowest BCUT2D eigenvalue weighted by Crippen LogP contribution is -2.43. The minimum Gasteiger partial charge on any atom is -0.494 e. The van der Waals surface area contributed by atoms with E-state index in [4.69, 9.17) is 31.8 Å². The maximum atomic E-state index is 13.9. The number of rotatable bonds is 12. The highest BCUT2D eigenvalue weighted by atomic mass is 35.5. The highest BCUT2D eigenvalue weighted by Crippen LogP contribution is 2.47. The third-order valence-corrected chi connectivity index (χ3v) is 7.69. The molecule has 10 nitrogen and oxygen atoms in total. The van der Waals surface area contributed by atoms with E-state index in [1.807, 2.05) is 0 Å². The molecule has 44 heavy (non-hydrogen) atoms. The fourth-order valence-electron chi connectivity index (χ4n) is 5.13. The molecule has 0 unspecified atom stereocenters. The first-order chi connectivity index (χ1) is 20.9. The fraction of sp³-hybridized carbons (Fsp3) is 0.333. The zero-order chi connectivity index (χ0) is 31.8. The number of nitrogens with two attached hydrogens (primary N) is 1. The van der Waals surface area contributed by atoms with Crippen molar-refractivity contribution in [2.24, 2.45) is 11.7 Å². The Bertz CT molecular complexity index is 1750. The van der Waals surface area contributed by atoms with Crippen LogP contribution in [0.3, 0.4) is 0 Å². The van der Waals surface area contributed by atoms with Gasteiger partial charge >= 0.3 is 6.55 Å². The number of carbonyl (C=O) groups is 2. The largest absolute Gasteiger partial charge is 0.494 e. The highest BCUT2D eigenvalue weighted by Gasteiger charge is 2.47. The first kappa shape index (κ1) is 31.1. The van der Waals surface area contributed by atoms with Gasteiger partial charge in [0.25, 0.3) is 5.91 Å². The van der Waals surface area contributed by atoms with Gasteiger partial charge in [0.05, 0.1) is 37.4 Å². The third-order valence-electron chi connectivity index (χ3n) is 7.38. The summed E-state index contributed by atoms with van der Waals surface area (Å²) in [7, 11) is 1.33. The number of halogens is 4. The zero-order valence-corrected chi connectivity index (χ0v) is 24.5. The lowest BCUT2D eigenvalue weighted by atomic mass is 9.90. The molecule has 1 fully saturated rings. The van der Waals surface area contributed by atoms with Crippen LogP contribution in [0.2, 0.25) is 5.02 Å². The summed E-state index contributed by atoms with van der Waals surface area (Å²) in [6, 6.07) is 7.99. The topological polar surface area (TPSA) is 142 Å². The van der Waals surface area contributed by atoms with Crippen LogP contribution >= 0.6 is 11.6 Å². The van der Waals surface area contributed by atoms with Crippen molar-refractivity contribution in [3.05, 3.63) is 70.3 Å². The third kappa shape index (κ3) is 6.15. The second kappa shape index (κ2) is 12.3. The van der Waals surface area contributed by atoms with Crippen molar-refractivity contribution in [1.29, 1.82) is 0 Å². The van der Waals surface area contributed by atoms with Crippen LogP contribution in [-0.2, 0) is 16.8 Å². The van der Waals surface area contributed by atoms with Crippen molar-refractivity contribution >= 4 is 34.3 Å². The van der Waals surface area contributed by atoms with E-state index in [-0.39, 0.29) is 69.9 Å². The van der Waals surface area contributed by atoms with Gasteiger partial charge in [0.1, 0.15) is 34.1 Å². The van der Waals surface area contributed by atoms with Gasteiger partial charge in [-0.15, -0.1) is 0 Å². The summed E-state index contributed by atoms with van der Waals surface area (Å²) in [5.41, 5.74) is 5.01. The minimum absolute atomic E-state index is 0.0309. The Morgan fingerprint density at radius 2 is 2.00 bits per heavy atom. The van der Waals surface area contributed by atoms with Gasteiger partial charge in [-0.3, -0.25) is 9.59 Å². The van der Waals surface area contributed by atoms with Crippen LogP contribution in [0.1, 0.15) is 47.9 Å². The number of methoxy groups -OCH3 is 1. The van der Waals surface area contributed by atoms with Gasteiger partial charge in [0.2, 0.25) is 5.91 Å². The summed E-state index contributed by atoms with van der Waals surface area (Å²) in [5.74, 6) is -1.82. The molecule has 1 saturated carbocycles. The van der Waals surface area contributed by atoms with E-state index >= 15 is 0 Å². The molecule has 1 aliphatic carbocycles. The summed E-state index contributed by atoms with van der Waals surface area (Å²) in [4.78, 5) is 30.1. The van der Waals surface area contributed by atoms with Crippen molar-refractivity contribution in [2.45, 2.75) is 38.3 Å². The Morgan fingerprint density at radius 3 is 2.61 bits per heavy atom. The van der Waals surface area contributed by atoms with Crippen LogP contribution in [0.25, 0.3) is 22.2 Å². The number of aromatic nitrogens is 3. The predicted molar refractivity (Wildman–Crippen MR) is 155 cm³/mol. The number of ether oxygens (including phenoxy) is 2. The Morgan fingerprint density at radius 1 is 1.25 bits per heavy atom. The number of carbonyl (C=O) groups excluding carboxylic acids is 2. The number of hydrogen-bond donors (Lipinski definition) is 3. The molecule has 5 rings (SSSR count). The molecule has 2 amide bonds. The number of fused-ring (bicyclic) bond motifs is 1. The minimum atomic E-state index is -2.88. The Balaban J connectivity index is 1.54. The summed E-state index contributed by atoms with van der Waals surface area (Å²) in [5, 5.41) is 18.9. The monoisotopic (exact) mass is 631 g/mol. The van der Waals surface area contributed by atoms with Gasteiger partial charge in [-0.1, -0.05) is 11.6 Å². The predicted octanol–water partition coefficient (Wildman–Crippen LogP) is 4.75. The molecule has 2 aromatic carbocycles. The molecule has 0 bridgehead atoms. The smallest absolute Gasteiger partial charge is 0.333 e. The number of pyridine rings is 1. The average molecular weight is 632 g/mol. The van der Waals surface area contributed by atoms with E-state index in [0.29, 0.717) is 28.7 Å². The molecule has 4 aromatic rings. The maximum Gasteiger partial charge on any atom is 0.333 e. The van der Waals surface area contributed by atoms with Crippen molar-refractivity contribution in [3.63, 3.8) is 0 Å². The number of benzene rings is 2. The van der Waals surface area contributed by atoms with Crippen molar-refractivity contribution in [3.8, 4) is 22.8 Å². The van der Waals surface area contributed by atoms with Crippen LogP contribution in [-0.4, -0.2) is 51.9 Å². The van der Waals surface area contributed by atoms with Crippen molar-refractivity contribution in [2.75, 3.05) is 20.3 Å². The molecule has 2 heterocycles. The lowest BCUT2D eigenvalue weighted by Gasteiger charge is -2.30. The molecule has 14 heteroatoms. The van der Waals surface area contributed by atoms with Crippen LogP contribution < -0.4 is 20.5 Å². The normalized spacial score (nSPS) is 14.5. The summed E-state index contributed by atoms with van der Waals surface area (Å²) in [6.45, 7) is -1.24. The van der Waals surface area contributed by atoms with E-state index in [0.717, 1.165) is 12.3 Å². The average Bonchev–Trinajstić information content (AvgIpc) is 3.74. The second-order valence-electron chi connectivity index (χ2n) is 10.4. The van der Waals surface area contributed by atoms with Gasteiger partial charge in [-0.2, -0.15) is 13.9 Å². The SMILES string of the molecule is CCOc1c(CC(N)=O)cc([C@@](O)(CNC(=O)c2cc(OC)c3nn(C(F)F)cc3c2)C2CC2)nc1-c1ccc(F)cc1Cl. The van der Waals surface area contributed by atoms with E-state index in [9.17, 15) is 27.9 Å². The zero-order valence-electron chi connectivity index (χ0n) is 23.7. The van der Waals surface area contributed by atoms with Gasteiger partial charge in [0, 0.05) is 28.3 Å². The number of nitrogens with zero attached hydrogens (tertiary/aromatic N) is 3. The summed E-state index contributed by atoms with van der Waals surface area (Å²) in [6.07, 6.45) is 2.11. The first-order valence-corrected chi connectivity index (χ1v) is 14.1. The molecule has 1 aliphatic rings. The van der Waals surface area contributed by atoms with Gasteiger partial charge in [-0.05, 0) is 62.1 Å². The van der Waals surface area contributed by atoms with E-state index in [2.05, 4.69) is 10.4 Å². The van der Waals surface area contributed by atoms with Gasteiger partial charge < -0.3 is 25.6 Å². The molecule has 4 N–H and O–H groups in total. The number of aliphatic hydroxyl groups is 1. The number of hydrogen-bond acceptors (Lipinski definition) is 7. The molecule has 0 spiro atoms. The number of primary amides is 1. The Hall–Kier alpha value is -4.36. The lowest BCUT2D eigenvalue weighted by molar-refractivity contribution is -0.117. The van der Waals surface area contributed by atoms with Crippen LogP contribution in [0.15, 0.2) is 42.6 Å². The molecule has 0 radical (unpaired) electrons. The quantitative estimate of drug-likeness (QED) is 0.205. The maximum absolute atomic E-state index is 13.9. The second-order valence-corrected chi connectivity index (χ2v) is 10.8. The molecule has 0 aliphatic heterocycles. The fourth-order valence-corrected chi connectivity index (χ4v) is 5.38. The molecule has 232 valence electrons. The highest BCUT2D eigenvalue weighted by molar-refractivity contribution is 6.33. The number of nitrogens with one attached hydrogen (secondary N) is 1. The van der Waals surface area contributed by atoms with Crippen LogP contribution in [0, 0.1) is 11.7 Å². The van der Waals surface area contributed by atoms with Crippen LogP contribution in [0.4, 0.5) is 13.2 Å². The molecular weight excluding hydrogens is 603 g/mol. The van der Waals surface area contributed by atoms with E-state index in [1.165, 1.54) is 37.4 Å². The number of amides is 2. The molecule has 2 aromatic heterocycles. The van der Waals surface area contributed by atoms with Gasteiger partial charge in [0.15, 0.2) is 0 Å². The standard InChI is InChI=1S/C30H29ClF3N5O5/c1-3-44-27-15(11-24(35)40)10-23(37-26(27)20-7-6-19(32)12-21(20)31)30(42,18-4-5-18)14-36-28(41)16-8-17-13-39(29(33)34)38-25(17)22(9-16)43-2/h6-10,12-13,18,29,42H,3-5,11,14H2,1-2H3,(H2,35,40)(H,36,41)/t30-/m1/s1. The summed E-state index contributed by atoms with van der Waals surface area (Å²) < 4.78 is 51.9. The van der Waals surface area contributed by atoms with Crippen LogP contribution in [0.5, 0.6) is 11.5 Å². The van der Waals surface area contributed by atoms with Crippen molar-refractivity contribution < 1.29 is 37.3 Å². The summed E-state index contributed by atoms with van der Waals surface area (Å²) >= 11 is 6.39. The van der Waals surface area contributed by atoms with Gasteiger partial charge in [-0.25, -0.2) is 14.1 Å². The number of alkyl halides is 2. The van der Waals surface area contributed by atoms with Crippen molar-refractivity contribution in [1.82, 2.24) is 20.1 Å². The Labute approximate surface area is 254 Å².